The molecule has 1 heterocycles. The molecule has 4 heteroatoms. The van der Waals surface area contributed by atoms with Gasteiger partial charge in [0.2, 0.25) is 0 Å². The lowest BCUT2D eigenvalue weighted by atomic mass is 10.2. The summed E-state index contributed by atoms with van der Waals surface area (Å²) >= 11 is 0. The van der Waals surface area contributed by atoms with Crippen LogP contribution < -0.4 is 4.74 Å². The van der Waals surface area contributed by atoms with E-state index in [2.05, 4.69) is 4.98 Å². The Kier molecular flexibility index (Phi) is 3.42. The fourth-order valence-electron chi connectivity index (χ4n) is 1.56. The Labute approximate surface area is 99.9 Å². The molecule has 1 aromatic heterocycles. The molecule has 0 spiro atoms. The average Bonchev–Trinajstić information content (AvgIpc) is 2.70. The number of benzene rings is 1. The first-order valence-electron chi connectivity index (χ1n) is 5.52. The molecule has 3 nitrogen and oxygen atoms in total. The highest BCUT2D eigenvalue weighted by molar-refractivity contribution is 5.27. The van der Waals surface area contributed by atoms with Crippen molar-refractivity contribution in [2.75, 3.05) is 6.61 Å². The van der Waals surface area contributed by atoms with Gasteiger partial charge in [-0.3, -0.25) is 0 Å². The predicted molar refractivity (Wildman–Crippen MR) is 63.5 cm³/mol. The molecular formula is C13H15FN2O. The second kappa shape index (κ2) is 4.99. The van der Waals surface area contributed by atoms with Crippen molar-refractivity contribution in [3.63, 3.8) is 0 Å². The third kappa shape index (κ3) is 2.84. The van der Waals surface area contributed by atoms with Crippen LogP contribution in [0.3, 0.4) is 0 Å². The maximum atomic E-state index is 13.2. The summed E-state index contributed by atoms with van der Waals surface area (Å²) in [5.41, 5.74) is 0.626. The van der Waals surface area contributed by atoms with Crippen LogP contribution >= 0.6 is 0 Å². The van der Waals surface area contributed by atoms with Crippen LogP contribution in [-0.4, -0.2) is 16.2 Å². The summed E-state index contributed by atoms with van der Waals surface area (Å²) in [5.74, 6) is 1.28. The fourth-order valence-corrected chi connectivity index (χ4v) is 1.56. The molecule has 17 heavy (non-hydrogen) atoms. The Morgan fingerprint density at radius 2 is 2.24 bits per heavy atom. The second-order valence-electron chi connectivity index (χ2n) is 3.96. The van der Waals surface area contributed by atoms with E-state index >= 15 is 0 Å². The largest absolute Gasteiger partial charge is 0.493 e. The molecule has 0 fully saturated rings. The minimum atomic E-state index is -0.237. The van der Waals surface area contributed by atoms with Crippen LogP contribution in [0.25, 0.3) is 0 Å². The summed E-state index contributed by atoms with van der Waals surface area (Å²) in [6, 6.07) is 4.90. The third-order valence-corrected chi connectivity index (χ3v) is 2.66. The Hall–Kier alpha value is -1.84. The molecule has 0 atom stereocenters. The van der Waals surface area contributed by atoms with E-state index in [1.165, 1.54) is 6.07 Å². The summed E-state index contributed by atoms with van der Waals surface area (Å²) in [6.07, 6.45) is 4.35. The van der Waals surface area contributed by atoms with E-state index in [1.807, 2.05) is 17.8 Å². The Morgan fingerprint density at radius 1 is 1.41 bits per heavy atom. The lowest BCUT2D eigenvalue weighted by Crippen LogP contribution is -2.06. The van der Waals surface area contributed by atoms with Gasteiger partial charge in [-0.2, -0.15) is 0 Å². The molecular weight excluding hydrogens is 219 g/mol. The molecule has 0 saturated heterocycles. The highest BCUT2D eigenvalue weighted by Crippen LogP contribution is 2.15. The van der Waals surface area contributed by atoms with Gasteiger partial charge in [0.1, 0.15) is 17.4 Å². The zero-order valence-corrected chi connectivity index (χ0v) is 9.98. The number of halogens is 1. The van der Waals surface area contributed by atoms with E-state index in [4.69, 9.17) is 4.74 Å². The van der Waals surface area contributed by atoms with Crippen molar-refractivity contribution in [1.82, 2.24) is 9.55 Å². The molecule has 0 radical (unpaired) electrons. The van der Waals surface area contributed by atoms with Crippen LogP contribution in [0, 0.1) is 12.7 Å². The molecule has 0 aliphatic carbocycles. The van der Waals surface area contributed by atoms with Crippen LogP contribution in [0.4, 0.5) is 4.39 Å². The molecule has 2 aromatic rings. The van der Waals surface area contributed by atoms with Gasteiger partial charge < -0.3 is 9.30 Å². The summed E-state index contributed by atoms with van der Waals surface area (Å²) < 4.78 is 20.7. The molecule has 2 rings (SSSR count). The Balaban J connectivity index is 1.90. The summed E-state index contributed by atoms with van der Waals surface area (Å²) in [6.45, 7) is 2.22. The Bertz CT molecular complexity index is 508. The van der Waals surface area contributed by atoms with Gasteiger partial charge in [0, 0.05) is 31.9 Å². The van der Waals surface area contributed by atoms with Crippen molar-refractivity contribution in [1.29, 1.82) is 0 Å². The van der Waals surface area contributed by atoms with Crippen molar-refractivity contribution in [3.8, 4) is 5.75 Å². The number of aromatic nitrogens is 2. The molecule has 0 saturated carbocycles. The van der Waals surface area contributed by atoms with Crippen LogP contribution in [0.15, 0.2) is 30.6 Å². The van der Waals surface area contributed by atoms with E-state index in [-0.39, 0.29) is 5.82 Å². The average molecular weight is 234 g/mol. The van der Waals surface area contributed by atoms with Gasteiger partial charge >= 0.3 is 0 Å². The summed E-state index contributed by atoms with van der Waals surface area (Å²) in [5, 5.41) is 0. The molecule has 90 valence electrons. The van der Waals surface area contributed by atoms with E-state index in [1.54, 1.807) is 25.3 Å². The number of nitrogens with zero attached hydrogens (tertiary/aromatic N) is 2. The van der Waals surface area contributed by atoms with Gasteiger partial charge in [0.05, 0.1) is 6.61 Å². The number of hydrogen-bond acceptors (Lipinski definition) is 2. The van der Waals surface area contributed by atoms with Crippen molar-refractivity contribution in [3.05, 3.63) is 47.8 Å². The monoisotopic (exact) mass is 234 g/mol. The first-order chi connectivity index (χ1) is 8.16. The molecule has 0 amide bonds. The molecule has 0 N–H and O–H groups in total. The van der Waals surface area contributed by atoms with E-state index in [9.17, 15) is 4.39 Å². The first-order valence-corrected chi connectivity index (χ1v) is 5.52. The van der Waals surface area contributed by atoms with Crippen molar-refractivity contribution in [2.45, 2.75) is 13.3 Å². The van der Waals surface area contributed by atoms with Gasteiger partial charge in [-0.25, -0.2) is 9.37 Å². The Morgan fingerprint density at radius 3 is 2.88 bits per heavy atom. The van der Waals surface area contributed by atoms with Crippen LogP contribution in [0.5, 0.6) is 5.75 Å². The van der Waals surface area contributed by atoms with Crippen molar-refractivity contribution < 1.29 is 9.13 Å². The highest BCUT2D eigenvalue weighted by Gasteiger charge is 2.02. The molecule has 0 aliphatic rings. The van der Waals surface area contributed by atoms with Gasteiger partial charge in [0.25, 0.3) is 0 Å². The summed E-state index contributed by atoms with van der Waals surface area (Å²) in [7, 11) is 1.94. The SMILES string of the molecule is Cc1ccc(OCCc2nccn2C)cc1F. The number of rotatable bonds is 4. The maximum absolute atomic E-state index is 13.2. The first kappa shape index (κ1) is 11.6. The maximum Gasteiger partial charge on any atom is 0.129 e. The zero-order valence-electron chi connectivity index (χ0n) is 9.98. The number of aryl methyl sites for hydroxylation is 2. The molecule has 0 aliphatic heterocycles. The summed E-state index contributed by atoms with van der Waals surface area (Å²) in [4.78, 5) is 4.19. The van der Waals surface area contributed by atoms with Gasteiger partial charge in [-0.1, -0.05) is 6.07 Å². The highest BCUT2D eigenvalue weighted by atomic mass is 19.1. The molecule has 1 aromatic carbocycles. The van der Waals surface area contributed by atoms with Crippen molar-refractivity contribution >= 4 is 0 Å². The van der Waals surface area contributed by atoms with Crippen molar-refractivity contribution in [2.24, 2.45) is 7.05 Å². The van der Waals surface area contributed by atoms with E-state index in [0.717, 1.165) is 5.82 Å². The lowest BCUT2D eigenvalue weighted by Gasteiger charge is -2.07. The minimum absolute atomic E-state index is 0.237. The minimum Gasteiger partial charge on any atom is -0.493 e. The normalized spacial score (nSPS) is 10.5. The molecule has 0 bridgehead atoms. The lowest BCUT2D eigenvalue weighted by molar-refractivity contribution is 0.315. The van der Waals surface area contributed by atoms with Crippen LogP contribution in [0.1, 0.15) is 11.4 Å². The number of ether oxygens (including phenoxy) is 1. The van der Waals surface area contributed by atoms with Gasteiger partial charge in [-0.15, -0.1) is 0 Å². The standard InChI is InChI=1S/C13H15FN2O/c1-10-3-4-11(9-12(10)14)17-8-5-13-15-6-7-16(13)2/h3-4,6-7,9H,5,8H2,1-2H3. The van der Waals surface area contributed by atoms with Gasteiger partial charge in [0.15, 0.2) is 0 Å². The quantitative estimate of drug-likeness (QED) is 0.812. The van der Waals surface area contributed by atoms with E-state index in [0.29, 0.717) is 24.3 Å². The zero-order chi connectivity index (χ0) is 12.3. The van der Waals surface area contributed by atoms with E-state index < -0.39 is 0 Å². The number of imidazole rings is 1. The van der Waals surface area contributed by atoms with Crippen LogP contribution in [0.2, 0.25) is 0 Å². The number of hydrogen-bond donors (Lipinski definition) is 0. The predicted octanol–water partition coefficient (Wildman–Crippen LogP) is 2.49. The topological polar surface area (TPSA) is 27.1 Å². The molecule has 0 unspecified atom stereocenters. The van der Waals surface area contributed by atoms with Gasteiger partial charge in [-0.05, 0) is 18.6 Å². The smallest absolute Gasteiger partial charge is 0.129 e. The third-order valence-electron chi connectivity index (χ3n) is 2.66. The van der Waals surface area contributed by atoms with Crippen LogP contribution in [-0.2, 0) is 13.5 Å². The fraction of sp³-hybridized carbons (Fsp3) is 0.308. The second-order valence-corrected chi connectivity index (χ2v) is 3.96.